The zero-order valence-corrected chi connectivity index (χ0v) is 17.6. The van der Waals surface area contributed by atoms with E-state index in [4.69, 9.17) is 0 Å². The molecule has 0 radical (unpaired) electrons. The largest absolute Gasteiger partial charge is 0.0839 e. The van der Waals surface area contributed by atoms with Crippen LogP contribution in [0.3, 0.4) is 0 Å². The SMILES string of the molecule is CCCCCCCCCCCCCCCC=Cc1ccc2ccccc2c1. The zero-order valence-electron chi connectivity index (χ0n) is 17.6. The van der Waals surface area contributed by atoms with Gasteiger partial charge in [-0.15, -0.1) is 0 Å². The molecule has 0 aliphatic rings. The van der Waals surface area contributed by atoms with E-state index >= 15 is 0 Å². The van der Waals surface area contributed by atoms with Crippen molar-refractivity contribution in [3.05, 3.63) is 54.1 Å². The van der Waals surface area contributed by atoms with Gasteiger partial charge >= 0.3 is 0 Å². The smallest absolute Gasteiger partial charge is 0.0178 e. The van der Waals surface area contributed by atoms with Crippen molar-refractivity contribution >= 4 is 16.8 Å². The van der Waals surface area contributed by atoms with E-state index in [0.29, 0.717) is 0 Å². The molecule has 2 rings (SSSR count). The van der Waals surface area contributed by atoms with Gasteiger partial charge in [0.25, 0.3) is 0 Å². The molecule has 0 aliphatic heterocycles. The van der Waals surface area contributed by atoms with Gasteiger partial charge in [-0.2, -0.15) is 0 Å². The molecule has 0 N–H and O–H groups in total. The van der Waals surface area contributed by atoms with Gasteiger partial charge in [0.1, 0.15) is 0 Å². The molecule has 0 atom stereocenters. The maximum Gasteiger partial charge on any atom is -0.0178 e. The number of rotatable bonds is 15. The molecule has 0 heteroatoms. The second-order valence-electron chi connectivity index (χ2n) is 8.04. The molecule has 0 amide bonds. The summed E-state index contributed by atoms with van der Waals surface area (Å²) in [5.74, 6) is 0. The highest BCUT2D eigenvalue weighted by molar-refractivity contribution is 5.84. The molecule has 2 aromatic rings. The Morgan fingerprint density at radius 2 is 1.15 bits per heavy atom. The molecule has 0 aliphatic carbocycles. The fourth-order valence-electron chi connectivity index (χ4n) is 3.81. The van der Waals surface area contributed by atoms with Gasteiger partial charge in [0.05, 0.1) is 0 Å². The summed E-state index contributed by atoms with van der Waals surface area (Å²) < 4.78 is 0. The Kier molecular flexibility index (Phi) is 11.7. The Morgan fingerprint density at radius 3 is 1.78 bits per heavy atom. The van der Waals surface area contributed by atoms with Crippen molar-refractivity contribution in [2.75, 3.05) is 0 Å². The number of hydrogen-bond acceptors (Lipinski definition) is 0. The van der Waals surface area contributed by atoms with E-state index in [1.807, 2.05) is 0 Å². The molecule has 0 spiro atoms. The van der Waals surface area contributed by atoms with E-state index in [1.54, 1.807) is 0 Å². The monoisotopic (exact) mass is 364 g/mol. The summed E-state index contributed by atoms with van der Waals surface area (Å²) in [7, 11) is 0. The topological polar surface area (TPSA) is 0 Å². The minimum atomic E-state index is 1.21. The highest BCUT2D eigenvalue weighted by Crippen LogP contribution is 2.17. The molecule has 0 saturated heterocycles. The molecular weight excluding hydrogens is 324 g/mol. The minimum absolute atomic E-state index is 1.21. The third kappa shape index (κ3) is 9.80. The number of allylic oxidation sites excluding steroid dienone is 1. The van der Waals surface area contributed by atoms with Gasteiger partial charge in [0, 0.05) is 0 Å². The molecule has 148 valence electrons. The Morgan fingerprint density at radius 1 is 0.593 bits per heavy atom. The number of benzene rings is 2. The Bertz CT molecular complexity index is 637. The van der Waals surface area contributed by atoms with Crippen LogP contribution in [-0.4, -0.2) is 0 Å². The van der Waals surface area contributed by atoms with Crippen LogP contribution in [-0.2, 0) is 0 Å². The summed E-state index contributed by atoms with van der Waals surface area (Å²) in [5, 5.41) is 2.66. The summed E-state index contributed by atoms with van der Waals surface area (Å²) in [4.78, 5) is 0. The van der Waals surface area contributed by atoms with Crippen molar-refractivity contribution < 1.29 is 0 Å². The van der Waals surface area contributed by atoms with Gasteiger partial charge in [-0.3, -0.25) is 0 Å². The first-order chi connectivity index (χ1) is 13.4. The van der Waals surface area contributed by atoms with E-state index in [1.165, 1.54) is 106 Å². The molecule has 2 aromatic carbocycles. The Balaban J connectivity index is 1.42. The van der Waals surface area contributed by atoms with E-state index in [0.717, 1.165) is 0 Å². The van der Waals surface area contributed by atoms with Gasteiger partial charge < -0.3 is 0 Å². The molecule has 0 heterocycles. The molecule has 27 heavy (non-hydrogen) atoms. The van der Waals surface area contributed by atoms with Crippen molar-refractivity contribution in [2.24, 2.45) is 0 Å². The van der Waals surface area contributed by atoms with Gasteiger partial charge in [-0.1, -0.05) is 133 Å². The molecule has 0 aromatic heterocycles. The second kappa shape index (κ2) is 14.5. The quantitative estimate of drug-likeness (QED) is 0.276. The average molecular weight is 365 g/mol. The Hall–Kier alpha value is -1.56. The first kappa shape index (κ1) is 21.7. The standard InChI is InChI=1S/C27H40/c1-2-3-4-5-6-7-8-9-10-11-12-13-14-15-16-19-25-22-23-26-20-17-18-21-27(26)24-25/h16-24H,2-15H2,1H3. The van der Waals surface area contributed by atoms with Crippen molar-refractivity contribution in [3.63, 3.8) is 0 Å². The fourth-order valence-corrected chi connectivity index (χ4v) is 3.81. The predicted molar refractivity (Wildman–Crippen MR) is 123 cm³/mol. The first-order valence-corrected chi connectivity index (χ1v) is 11.6. The lowest BCUT2D eigenvalue weighted by molar-refractivity contribution is 0.540. The maximum atomic E-state index is 2.35. The highest BCUT2D eigenvalue weighted by Gasteiger charge is 1.94. The summed E-state index contributed by atoms with van der Waals surface area (Å²) in [6.45, 7) is 2.29. The number of hydrogen-bond donors (Lipinski definition) is 0. The maximum absolute atomic E-state index is 2.35. The summed E-state index contributed by atoms with van der Waals surface area (Å²) in [5.41, 5.74) is 1.32. The van der Waals surface area contributed by atoms with Crippen LogP contribution < -0.4 is 0 Å². The van der Waals surface area contributed by atoms with Crippen LogP contribution in [0.5, 0.6) is 0 Å². The normalized spacial score (nSPS) is 11.6. The highest BCUT2D eigenvalue weighted by atomic mass is 14.0. The van der Waals surface area contributed by atoms with Crippen molar-refractivity contribution in [1.29, 1.82) is 0 Å². The van der Waals surface area contributed by atoms with E-state index < -0.39 is 0 Å². The first-order valence-electron chi connectivity index (χ1n) is 11.6. The number of unbranched alkanes of at least 4 members (excludes halogenated alkanes) is 13. The minimum Gasteiger partial charge on any atom is -0.0839 e. The van der Waals surface area contributed by atoms with Crippen LogP contribution in [0.15, 0.2) is 48.5 Å². The molecular formula is C27H40. The van der Waals surface area contributed by atoms with Crippen LogP contribution in [0.1, 0.15) is 102 Å². The molecule has 0 nitrogen and oxygen atoms in total. The average Bonchev–Trinajstić information content (AvgIpc) is 2.71. The van der Waals surface area contributed by atoms with Crippen molar-refractivity contribution in [2.45, 2.75) is 96.8 Å². The third-order valence-electron chi connectivity index (χ3n) is 5.56. The van der Waals surface area contributed by atoms with E-state index in [2.05, 4.69) is 61.5 Å². The van der Waals surface area contributed by atoms with Crippen LogP contribution in [0, 0.1) is 0 Å². The van der Waals surface area contributed by atoms with E-state index in [-0.39, 0.29) is 0 Å². The van der Waals surface area contributed by atoms with Crippen LogP contribution >= 0.6 is 0 Å². The molecule has 0 fully saturated rings. The second-order valence-corrected chi connectivity index (χ2v) is 8.04. The van der Waals surface area contributed by atoms with Gasteiger partial charge in [0.2, 0.25) is 0 Å². The number of fused-ring (bicyclic) bond motifs is 1. The van der Waals surface area contributed by atoms with Crippen molar-refractivity contribution in [3.8, 4) is 0 Å². The third-order valence-corrected chi connectivity index (χ3v) is 5.56. The van der Waals surface area contributed by atoms with Crippen molar-refractivity contribution in [1.82, 2.24) is 0 Å². The summed E-state index contributed by atoms with van der Waals surface area (Å²) >= 11 is 0. The van der Waals surface area contributed by atoms with Gasteiger partial charge in [0.15, 0.2) is 0 Å². The Labute approximate surface area is 168 Å². The lowest BCUT2D eigenvalue weighted by Crippen LogP contribution is -1.82. The molecule has 0 saturated carbocycles. The van der Waals surface area contributed by atoms with Gasteiger partial charge in [-0.05, 0) is 35.2 Å². The lowest BCUT2D eigenvalue weighted by atomic mass is 10.0. The lowest BCUT2D eigenvalue weighted by Gasteiger charge is -2.02. The predicted octanol–water partition coefficient (Wildman–Crippen LogP) is 9.33. The van der Waals surface area contributed by atoms with Gasteiger partial charge in [-0.25, -0.2) is 0 Å². The van der Waals surface area contributed by atoms with Crippen LogP contribution in [0.25, 0.3) is 16.8 Å². The summed E-state index contributed by atoms with van der Waals surface area (Å²) in [6, 6.07) is 15.3. The molecule has 0 bridgehead atoms. The molecule has 0 unspecified atom stereocenters. The van der Waals surface area contributed by atoms with Crippen LogP contribution in [0.2, 0.25) is 0 Å². The summed E-state index contributed by atoms with van der Waals surface area (Å²) in [6.07, 6.45) is 24.4. The fraction of sp³-hybridized carbons (Fsp3) is 0.556. The van der Waals surface area contributed by atoms with Crippen LogP contribution in [0.4, 0.5) is 0 Å². The van der Waals surface area contributed by atoms with E-state index in [9.17, 15) is 0 Å². The zero-order chi connectivity index (χ0) is 19.0.